The third-order valence-corrected chi connectivity index (χ3v) is 4.44. The van der Waals surface area contributed by atoms with Gasteiger partial charge in [0.15, 0.2) is 0 Å². The highest BCUT2D eigenvalue weighted by Crippen LogP contribution is 2.22. The largest absolute Gasteiger partial charge is 0.351 e. The molecule has 0 amide bonds. The predicted molar refractivity (Wildman–Crippen MR) is 91.0 cm³/mol. The number of nitrogen functional groups attached to an aromatic ring is 1. The van der Waals surface area contributed by atoms with Crippen molar-refractivity contribution in [3.63, 3.8) is 0 Å². The van der Waals surface area contributed by atoms with Crippen LogP contribution >= 0.6 is 11.5 Å². The number of anilines is 1. The van der Waals surface area contributed by atoms with E-state index in [1.807, 2.05) is 30.3 Å². The van der Waals surface area contributed by atoms with Crippen molar-refractivity contribution in [2.45, 2.75) is 0 Å². The van der Waals surface area contributed by atoms with Crippen LogP contribution in [0.4, 0.5) is 5.13 Å². The Kier molecular flexibility index (Phi) is 3.09. The van der Waals surface area contributed by atoms with E-state index in [4.69, 9.17) is 5.73 Å². The highest BCUT2D eigenvalue weighted by atomic mass is 32.1. The quantitative estimate of drug-likeness (QED) is 0.572. The first kappa shape index (κ1) is 13.0. The lowest BCUT2D eigenvalue weighted by Gasteiger charge is -2.01. The van der Waals surface area contributed by atoms with Crippen molar-refractivity contribution in [3.8, 4) is 17.1 Å². The molecular weight excluding hydrogens is 290 g/mol. The molecule has 106 valence electrons. The van der Waals surface area contributed by atoms with Gasteiger partial charge in [-0.25, -0.2) is 0 Å². The van der Waals surface area contributed by atoms with Crippen LogP contribution in [0.25, 0.3) is 27.8 Å². The van der Waals surface area contributed by atoms with E-state index in [9.17, 15) is 0 Å². The van der Waals surface area contributed by atoms with Crippen LogP contribution in [0, 0.1) is 0 Å². The van der Waals surface area contributed by atoms with E-state index in [1.54, 1.807) is 0 Å². The Labute approximate surface area is 132 Å². The van der Waals surface area contributed by atoms with Gasteiger partial charge in [0.25, 0.3) is 0 Å². The molecular formula is C18H14N3S+. The monoisotopic (exact) mass is 304 g/mol. The number of aromatic nitrogens is 2. The minimum absolute atomic E-state index is 0.562. The second-order valence-corrected chi connectivity index (χ2v) is 6.02. The first-order chi connectivity index (χ1) is 10.8. The number of fused-ring (bicyclic) bond motifs is 1. The van der Waals surface area contributed by atoms with Crippen molar-refractivity contribution < 1.29 is 3.96 Å². The maximum Gasteiger partial charge on any atom is 0.350 e. The second-order valence-electron chi connectivity index (χ2n) is 5.06. The molecule has 0 radical (unpaired) electrons. The van der Waals surface area contributed by atoms with Gasteiger partial charge in [-0.1, -0.05) is 48.5 Å². The molecule has 4 aromatic rings. The Morgan fingerprint density at radius 1 is 0.818 bits per heavy atom. The SMILES string of the molecule is Nc1nc(-c2ccccc2)[n+](-c2ccc3ccccc3c2)s1. The molecule has 1 heterocycles. The zero-order chi connectivity index (χ0) is 14.9. The van der Waals surface area contributed by atoms with Gasteiger partial charge in [0.2, 0.25) is 0 Å². The van der Waals surface area contributed by atoms with E-state index in [2.05, 4.69) is 51.4 Å². The minimum Gasteiger partial charge on any atom is -0.351 e. The topological polar surface area (TPSA) is 42.8 Å². The van der Waals surface area contributed by atoms with Crippen molar-refractivity contribution in [1.29, 1.82) is 0 Å². The predicted octanol–water partition coefficient (Wildman–Crippen LogP) is 3.82. The molecule has 0 fully saturated rings. The van der Waals surface area contributed by atoms with Crippen molar-refractivity contribution in [1.82, 2.24) is 4.98 Å². The van der Waals surface area contributed by atoms with E-state index in [1.165, 1.54) is 22.3 Å². The maximum atomic E-state index is 5.95. The van der Waals surface area contributed by atoms with Crippen molar-refractivity contribution in [2.75, 3.05) is 5.73 Å². The van der Waals surface area contributed by atoms with Crippen molar-refractivity contribution in [2.24, 2.45) is 0 Å². The molecule has 22 heavy (non-hydrogen) atoms. The Bertz CT molecular complexity index is 945. The number of hydrogen-bond acceptors (Lipinski definition) is 3. The lowest BCUT2D eigenvalue weighted by atomic mass is 10.1. The lowest BCUT2D eigenvalue weighted by Crippen LogP contribution is -2.27. The third-order valence-electron chi connectivity index (χ3n) is 3.59. The fraction of sp³-hybridized carbons (Fsp3) is 0. The lowest BCUT2D eigenvalue weighted by molar-refractivity contribution is -0.509. The Balaban J connectivity index is 1.91. The summed E-state index contributed by atoms with van der Waals surface area (Å²) >= 11 is 1.45. The van der Waals surface area contributed by atoms with Crippen LogP contribution in [0.15, 0.2) is 72.8 Å². The second kappa shape index (κ2) is 5.24. The Hall–Kier alpha value is -2.72. The molecule has 0 saturated heterocycles. The smallest absolute Gasteiger partial charge is 0.350 e. The molecule has 0 bridgehead atoms. The Morgan fingerprint density at radius 3 is 2.36 bits per heavy atom. The minimum atomic E-state index is 0.562. The number of benzene rings is 3. The molecule has 0 unspecified atom stereocenters. The van der Waals surface area contributed by atoms with Gasteiger partial charge in [0, 0.05) is 0 Å². The van der Waals surface area contributed by atoms with Gasteiger partial charge in [-0.3, -0.25) is 0 Å². The van der Waals surface area contributed by atoms with E-state index in [-0.39, 0.29) is 0 Å². The fourth-order valence-electron chi connectivity index (χ4n) is 2.55. The molecule has 0 saturated carbocycles. The summed E-state index contributed by atoms with van der Waals surface area (Å²) in [5.74, 6) is 0.874. The first-order valence-corrected chi connectivity index (χ1v) is 7.82. The third kappa shape index (κ3) is 2.23. The molecule has 0 aliphatic rings. The van der Waals surface area contributed by atoms with E-state index in [0.29, 0.717) is 5.13 Å². The molecule has 4 rings (SSSR count). The standard InChI is InChI=1S/C18H13N3S/c19-18-20-17(14-7-2-1-3-8-14)21(22-18)16-11-10-13-6-4-5-9-15(13)12-16/h1-12,19H/p+1. The molecule has 2 N–H and O–H groups in total. The average molecular weight is 304 g/mol. The highest BCUT2D eigenvalue weighted by molar-refractivity contribution is 7.05. The van der Waals surface area contributed by atoms with Crippen LogP contribution in [0.2, 0.25) is 0 Å². The van der Waals surface area contributed by atoms with Gasteiger partial charge in [-0.05, 0) is 40.0 Å². The van der Waals surface area contributed by atoms with Crippen LogP contribution in [0.1, 0.15) is 0 Å². The van der Waals surface area contributed by atoms with Gasteiger partial charge in [-0.2, -0.15) is 0 Å². The van der Waals surface area contributed by atoms with Crippen LogP contribution in [0.5, 0.6) is 0 Å². The summed E-state index contributed by atoms with van der Waals surface area (Å²) in [7, 11) is 0. The van der Waals surface area contributed by atoms with E-state index in [0.717, 1.165) is 17.1 Å². The van der Waals surface area contributed by atoms with E-state index < -0.39 is 0 Å². The van der Waals surface area contributed by atoms with Gasteiger partial charge < -0.3 is 5.73 Å². The Morgan fingerprint density at radius 2 is 1.55 bits per heavy atom. The number of nitrogens with zero attached hydrogens (tertiary/aromatic N) is 2. The number of rotatable bonds is 2. The van der Waals surface area contributed by atoms with Crippen LogP contribution in [-0.2, 0) is 0 Å². The molecule has 0 aliphatic carbocycles. The molecule has 0 spiro atoms. The van der Waals surface area contributed by atoms with Gasteiger partial charge >= 0.3 is 11.0 Å². The number of hydrogen-bond donors (Lipinski definition) is 1. The van der Waals surface area contributed by atoms with Crippen LogP contribution in [0.3, 0.4) is 0 Å². The molecule has 4 heteroatoms. The zero-order valence-corrected chi connectivity index (χ0v) is 12.6. The van der Waals surface area contributed by atoms with Gasteiger partial charge in [-0.15, -0.1) is 3.96 Å². The van der Waals surface area contributed by atoms with Gasteiger partial charge in [0.05, 0.1) is 5.56 Å². The highest BCUT2D eigenvalue weighted by Gasteiger charge is 2.22. The maximum absolute atomic E-state index is 5.95. The fourth-order valence-corrected chi connectivity index (χ4v) is 3.32. The summed E-state index contributed by atoms with van der Waals surface area (Å²) in [4.78, 5) is 4.50. The summed E-state index contributed by atoms with van der Waals surface area (Å²) in [6.45, 7) is 0. The molecule has 3 aromatic carbocycles. The summed E-state index contributed by atoms with van der Waals surface area (Å²) < 4.78 is 2.08. The van der Waals surface area contributed by atoms with Gasteiger partial charge in [0.1, 0.15) is 17.2 Å². The summed E-state index contributed by atoms with van der Waals surface area (Å²) in [6.07, 6.45) is 0. The first-order valence-electron chi connectivity index (χ1n) is 7.05. The van der Waals surface area contributed by atoms with Crippen molar-refractivity contribution >= 4 is 27.4 Å². The molecule has 1 aromatic heterocycles. The zero-order valence-electron chi connectivity index (χ0n) is 11.8. The summed E-state index contributed by atoms with van der Waals surface area (Å²) in [5.41, 5.74) is 8.09. The average Bonchev–Trinajstić information content (AvgIpc) is 2.97. The summed E-state index contributed by atoms with van der Waals surface area (Å²) in [6, 6.07) is 24.8. The molecule has 0 aliphatic heterocycles. The molecule has 3 nitrogen and oxygen atoms in total. The summed E-state index contributed by atoms with van der Waals surface area (Å²) in [5, 5.41) is 3.00. The van der Waals surface area contributed by atoms with Crippen molar-refractivity contribution in [3.05, 3.63) is 72.8 Å². The molecule has 0 atom stereocenters. The van der Waals surface area contributed by atoms with Crippen LogP contribution < -0.4 is 9.69 Å². The number of nitrogens with two attached hydrogens (primary N) is 1. The van der Waals surface area contributed by atoms with Crippen LogP contribution in [-0.4, -0.2) is 4.98 Å². The normalized spacial score (nSPS) is 10.9. The van der Waals surface area contributed by atoms with E-state index >= 15 is 0 Å².